The average Bonchev–Trinajstić information content (AvgIpc) is 2.49. The lowest BCUT2D eigenvalue weighted by molar-refractivity contribution is -0.118. The second-order valence-corrected chi connectivity index (χ2v) is 5.48. The summed E-state index contributed by atoms with van der Waals surface area (Å²) in [4.78, 5) is 22.9. The summed E-state index contributed by atoms with van der Waals surface area (Å²) in [5.41, 5.74) is 3.29. The Morgan fingerprint density at radius 3 is 1.73 bits per heavy atom. The molecule has 0 bridgehead atoms. The van der Waals surface area contributed by atoms with Crippen LogP contribution >= 0.6 is 0 Å². The zero-order valence-corrected chi connectivity index (χ0v) is 13.0. The van der Waals surface area contributed by atoms with Gasteiger partial charge in [0.1, 0.15) is 0 Å². The summed E-state index contributed by atoms with van der Waals surface area (Å²) in [6, 6.07) is 14.8. The summed E-state index contributed by atoms with van der Waals surface area (Å²) in [6.07, 6.45) is 0. The van der Waals surface area contributed by atoms with E-state index in [1.165, 1.54) is 0 Å². The molecule has 4 nitrogen and oxygen atoms in total. The van der Waals surface area contributed by atoms with Gasteiger partial charge < -0.3 is 10.6 Å². The minimum atomic E-state index is -0.0439. The van der Waals surface area contributed by atoms with Crippen LogP contribution < -0.4 is 10.6 Å². The van der Waals surface area contributed by atoms with Gasteiger partial charge in [0.15, 0.2) is 5.78 Å². The van der Waals surface area contributed by atoms with Gasteiger partial charge in [-0.25, -0.2) is 0 Å². The van der Waals surface area contributed by atoms with Crippen LogP contribution in [0.25, 0.3) is 0 Å². The molecule has 0 saturated carbocycles. The van der Waals surface area contributed by atoms with Crippen LogP contribution in [-0.4, -0.2) is 11.7 Å². The molecule has 22 heavy (non-hydrogen) atoms. The molecule has 0 aliphatic heterocycles. The van der Waals surface area contributed by atoms with Crippen LogP contribution in [0.2, 0.25) is 0 Å². The molecule has 0 spiro atoms. The van der Waals surface area contributed by atoms with Crippen molar-refractivity contribution in [1.29, 1.82) is 0 Å². The Morgan fingerprint density at radius 1 is 0.818 bits per heavy atom. The van der Waals surface area contributed by atoms with Crippen molar-refractivity contribution in [3.63, 3.8) is 0 Å². The van der Waals surface area contributed by atoms with Crippen LogP contribution in [0.15, 0.2) is 48.5 Å². The summed E-state index contributed by atoms with van der Waals surface area (Å²) in [6.45, 7) is 5.26. The van der Waals surface area contributed by atoms with E-state index in [0.717, 1.165) is 17.1 Å². The maximum absolute atomic E-state index is 11.6. The molecule has 2 N–H and O–H groups in total. The SMILES string of the molecule is CC(=O)c1ccc(Nc2ccc(NC(=O)C(C)C)cc2)cc1. The first-order valence-electron chi connectivity index (χ1n) is 7.24. The van der Waals surface area contributed by atoms with E-state index in [1.54, 1.807) is 19.1 Å². The highest BCUT2D eigenvalue weighted by molar-refractivity contribution is 5.94. The topological polar surface area (TPSA) is 58.2 Å². The molecule has 1 amide bonds. The Bertz CT molecular complexity index is 658. The van der Waals surface area contributed by atoms with Gasteiger partial charge in [-0.15, -0.1) is 0 Å². The second kappa shape index (κ2) is 6.89. The van der Waals surface area contributed by atoms with Gasteiger partial charge in [-0.3, -0.25) is 9.59 Å². The third-order valence-corrected chi connectivity index (χ3v) is 3.26. The Morgan fingerprint density at radius 2 is 1.27 bits per heavy atom. The van der Waals surface area contributed by atoms with Crippen LogP contribution in [0.1, 0.15) is 31.1 Å². The highest BCUT2D eigenvalue weighted by Crippen LogP contribution is 2.20. The number of anilines is 3. The normalized spacial score (nSPS) is 10.4. The van der Waals surface area contributed by atoms with Crippen molar-refractivity contribution in [2.75, 3.05) is 10.6 Å². The zero-order chi connectivity index (χ0) is 16.1. The Hall–Kier alpha value is -2.62. The fourth-order valence-electron chi connectivity index (χ4n) is 1.88. The van der Waals surface area contributed by atoms with Crippen LogP contribution in [-0.2, 0) is 4.79 Å². The number of hydrogen-bond acceptors (Lipinski definition) is 3. The number of rotatable bonds is 5. The number of Topliss-reactive ketones (excluding diaryl/α,β-unsaturated/α-hetero) is 1. The molecule has 0 heterocycles. The molecule has 114 valence electrons. The lowest BCUT2D eigenvalue weighted by Crippen LogP contribution is -2.17. The lowest BCUT2D eigenvalue weighted by atomic mass is 10.1. The number of carbonyl (C=O) groups excluding carboxylic acids is 2. The van der Waals surface area contributed by atoms with E-state index >= 15 is 0 Å². The van der Waals surface area contributed by atoms with Crippen molar-refractivity contribution in [2.45, 2.75) is 20.8 Å². The molecule has 0 radical (unpaired) electrons. The summed E-state index contributed by atoms with van der Waals surface area (Å²) < 4.78 is 0. The number of carbonyl (C=O) groups is 2. The van der Waals surface area contributed by atoms with Gasteiger partial charge >= 0.3 is 0 Å². The molecule has 2 rings (SSSR count). The Kier molecular flexibility index (Phi) is 4.94. The maximum Gasteiger partial charge on any atom is 0.226 e. The second-order valence-electron chi connectivity index (χ2n) is 5.48. The van der Waals surface area contributed by atoms with Crippen molar-refractivity contribution in [3.8, 4) is 0 Å². The van der Waals surface area contributed by atoms with Crippen molar-refractivity contribution in [2.24, 2.45) is 5.92 Å². The first kappa shape index (κ1) is 15.8. The highest BCUT2D eigenvalue weighted by atomic mass is 16.1. The first-order valence-corrected chi connectivity index (χ1v) is 7.24. The van der Waals surface area contributed by atoms with Crippen LogP contribution in [0.5, 0.6) is 0 Å². The van der Waals surface area contributed by atoms with Gasteiger partial charge in [-0.2, -0.15) is 0 Å². The van der Waals surface area contributed by atoms with Crippen molar-refractivity contribution >= 4 is 28.8 Å². The molecule has 0 unspecified atom stereocenters. The van der Waals surface area contributed by atoms with E-state index in [9.17, 15) is 9.59 Å². The molecule has 4 heteroatoms. The highest BCUT2D eigenvalue weighted by Gasteiger charge is 2.06. The first-order chi connectivity index (χ1) is 10.5. The largest absolute Gasteiger partial charge is 0.356 e. The number of hydrogen-bond donors (Lipinski definition) is 2. The van der Waals surface area contributed by atoms with Crippen molar-refractivity contribution in [1.82, 2.24) is 0 Å². The van der Waals surface area contributed by atoms with Crippen LogP contribution in [0.3, 0.4) is 0 Å². The van der Waals surface area contributed by atoms with Crippen molar-refractivity contribution in [3.05, 3.63) is 54.1 Å². The maximum atomic E-state index is 11.6. The van der Waals surface area contributed by atoms with Crippen LogP contribution in [0, 0.1) is 5.92 Å². The Balaban J connectivity index is 2.01. The molecule has 0 aliphatic carbocycles. The van der Waals surface area contributed by atoms with E-state index in [0.29, 0.717) is 5.56 Å². The predicted octanol–water partition coefficient (Wildman–Crippen LogP) is 4.23. The van der Waals surface area contributed by atoms with Crippen molar-refractivity contribution < 1.29 is 9.59 Å². The average molecular weight is 296 g/mol. The fraction of sp³-hybridized carbons (Fsp3) is 0.222. The number of benzene rings is 2. The van der Waals surface area contributed by atoms with Gasteiger partial charge in [0.25, 0.3) is 0 Å². The van der Waals surface area contributed by atoms with E-state index in [2.05, 4.69) is 10.6 Å². The van der Waals surface area contributed by atoms with Gasteiger partial charge in [0, 0.05) is 28.5 Å². The van der Waals surface area contributed by atoms with E-state index in [1.807, 2.05) is 50.2 Å². The molecule has 0 fully saturated rings. The summed E-state index contributed by atoms with van der Waals surface area (Å²) in [5, 5.41) is 6.10. The van der Waals surface area contributed by atoms with Gasteiger partial charge in [0.2, 0.25) is 5.91 Å². The molecule has 0 aromatic heterocycles. The summed E-state index contributed by atoms with van der Waals surface area (Å²) >= 11 is 0. The smallest absolute Gasteiger partial charge is 0.226 e. The third kappa shape index (κ3) is 4.19. The molecule has 0 saturated heterocycles. The van der Waals surface area contributed by atoms with Gasteiger partial charge in [-0.1, -0.05) is 13.8 Å². The molecule has 0 aliphatic rings. The standard InChI is InChI=1S/C18H20N2O2/c1-12(2)18(22)20-17-10-8-16(9-11-17)19-15-6-4-14(5-7-15)13(3)21/h4-12,19H,1-3H3,(H,20,22). The molecule has 0 atom stereocenters. The zero-order valence-electron chi connectivity index (χ0n) is 13.0. The van der Waals surface area contributed by atoms with E-state index in [4.69, 9.17) is 0 Å². The lowest BCUT2D eigenvalue weighted by Gasteiger charge is -2.10. The van der Waals surface area contributed by atoms with E-state index in [-0.39, 0.29) is 17.6 Å². The molecule has 2 aromatic rings. The molecular weight excluding hydrogens is 276 g/mol. The number of ketones is 1. The van der Waals surface area contributed by atoms with Gasteiger partial charge in [-0.05, 0) is 55.5 Å². The summed E-state index contributed by atoms with van der Waals surface area (Å²) in [7, 11) is 0. The Labute approximate surface area is 130 Å². The minimum Gasteiger partial charge on any atom is -0.356 e. The van der Waals surface area contributed by atoms with Gasteiger partial charge in [0.05, 0.1) is 0 Å². The third-order valence-electron chi connectivity index (χ3n) is 3.26. The predicted molar refractivity (Wildman–Crippen MR) is 89.6 cm³/mol. The monoisotopic (exact) mass is 296 g/mol. The molecule has 2 aromatic carbocycles. The van der Waals surface area contributed by atoms with Crippen LogP contribution in [0.4, 0.5) is 17.1 Å². The number of amides is 1. The molecular formula is C18H20N2O2. The number of nitrogens with one attached hydrogen (secondary N) is 2. The quantitative estimate of drug-likeness (QED) is 0.812. The van der Waals surface area contributed by atoms with E-state index < -0.39 is 0 Å². The minimum absolute atomic E-state index is 0.000491. The summed E-state index contributed by atoms with van der Waals surface area (Å²) in [5.74, 6) is 0.00919. The fourth-order valence-corrected chi connectivity index (χ4v) is 1.88.